The van der Waals surface area contributed by atoms with Crippen LogP contribution in [-0.2, 0) is 0 Å². The van der Waals surface area contributed by atoms with Gasteiger partial charge < -0.3 is 20.5 Å². The predicted octanol–water partition coefficient (Wildman–Crippen LogP) is 0.822. The topological polar surface area (TPSA) is 96.9 Å². The van der Waals surface area contributed by atoms with E-state index in [9.17, 15) is 9.50 Å². The van der Waals surface area contributed by atoms with Gasteiger partial charge in [-0.3, -0.25) is 4.99 Å². The zero-order valence-corrected chi connectivity index (χ0v) is 11.2. The summed E-state index contributed by atoms with van der Waals surface area (Å²) in [5, 5.41) is 9.46. The van der Waals surface area contributed by atoms with E-state index in [1.165, 1.54) is 13.2 Å². The fraction of sp³-hybridized carbons (Fsp3) is 0.417. The van der Waals surface area contributed by atoms with Crippen molar-refractivity contribution in [2.45, 2.75) is 18.6 Å². The normalized spacial score (nSPS) is 21.5. The van der Waals surface area contributed by atoms with E-state index in [-0.39, 0.29) is 24.3 Å². The molecule has 1 aromatic rings. The van der Waals surface area contributed by atoms with Gasteiger partial charge in [-0.15, -0.1) is 0 Å². The number of nitrogen functional groups attached to an aromatic ring is 1. The highest BCUT2D eigenvalue weighted by molar-refractivity contribution is 5.71. The van der Waals surface area contributed by atoms with Crippen molar-refractivity contribution in [3.05, 3.63) is 11.9 Å². The van der Waals surface area contributed by atoms with Crippen LogP contribution in [0, 0.1) is 0 Å². The van der Waals surface area contributed by atoms with Gasteiger partial charge in [0.2, 0.25) is 11.8 Å². The quantitative estimate of drug-likeness (QED) is 0.793. The van der Waals surface area contributed by atoms with Crippen LogP contribution in [0.5, 0.6) is 5.88 Å². The highest BCUT2D eigenvalue weighted by Gasteiger charge is 2.30. The summed E-state index contributed by atoms with van der Waals surface area (Å²) in [5.74, 6) is 0.0212. The van der Waals surface area contributed by atoms with Crippen LogP contribution in [0.3, 0.4) is 0 Å². The summed E-state index contributed by atoms with van der Waals surface area (Å²) in [6.07, 6.45) is 0.469. The van der Waals surface area contributed by atoms with Crippen molar-refractivity contribution in [1.29, 1.82) is 0 Å². The number of aliphatic hydroxyl groups is 1. The second kappa shape index (κ2) is 5.41. The summed E-state index contributed by atoms with van der Waals surface area (Å²) in [7, 11) is 3.13. The first kappa shape index (κ1) is 14.2. The third-order valence-corrected chi connectivity index (χ3v) is 3.17. The number of likely N-dealkylation sites (N-methyl/N-ethyl adjacent to an activating group) is 1. The summed E-state index contributed by atoms with van der Waals surface area (Å²) in [6, 6.07) is -0.357. The minimum absolute atomic E-state index is 0.0131. The molecule has 108 valence electrons. The van der Waals surface area contributed by atoms with Crippen LogP contribution in [0.15, 0.2) is 16.9 Å². The second-order valence-corrected chi connectivity index (χ2v) is 4.40. The predicted molar refractivity (Wildman–Crippen MR) is 74.2 cm³/mol. The summed E-state index contributed by atoms with van der Waals surface area (Å²) in [5.41, 5.74) is 5.94. The first-order valence-corrected chi connectivity index (χ1v) is 5.94. The number of aliphatic imine (C=N–C) groups is 1. The van der Waals surface area contributed by atoms with Crippen molar-refractivity contribution in [2.24, 2.45) is 4.99 Å². The van der Waals surface area contributed by atoms with E-state index < -0.39 is 11.9 Å². The molecule has 0 spiro atoms. The van der Waals surface area contributed by atoms with E-state index in [1.54, 1.807) is 11.9 Å². The smallest absolute Gasteiger partial charge is 0.246 e. The minimum Gasteiger partial charge on any atom is -0.479 e. The molecule has 0 aromatic carbocycles. The molecule has 8 heteroatoms. The molecule has 0 amide bonds. The van der Waals surface area contributed by atoms with Crippen molar-refractivity contribution < 1.29 is 14.2 Å². The highest BCUT2D eigenvalue weighted by atomic mass is 19.1. The maximum Gasteiger partial charge on any atom is 0.246 e. The van der Waals surface area contributed by atoms with Crippen molar-refractivity contribution >= 4 is 24.2 Å². The number of nitrogens with two attached hydrogens (primary N) is 1. The van der Waals surface area contributed by atoms with E-state index in [4.69, 9.17) is 10.5 Å². The Hall–Kier alpha value is -2.22. The fourth-order valence-electron chi connectivity index (χ4n) is 2.10. The van der Waals surface area contributed by atoms with Gasteiger partial charge in [-0.1, -0.05) is 0 Å². The Kier molecular flexibility index (Phi) is 3.84. The molecule has 0 fully saturated rings. The lowest BCUT2D eigenvalue weighted by Crippen LogP contribution is -2.30. The van der Waals surface area contributed by atoms with Crippen LogP contribution in [0.25, 0.3) is 0 Å². The molecule has 1 aliphatic carbocycles. The largest absolute Gasteiger partial charge is 0.479 e. The molecule has 0 unspecified atom stereocenters. The maximum atomic E-state index is 13.3. The Bertz CT molecular complexity index is 563. The Morgan fingerprint density at radius 3 is 2.80 bits per heavy atom. The van der Waals surface area contributed by atoms with Gasteiger partial charge in [-0.2, -0.15) is 9.97 Å². The Morgan fingerprint density at radius 1 is 1.60 bits per heavy atom. The zero-order valence-electron chi connectivity index (χ0n) is 11.2. The number of aromatic nitrogens is 2. The van der Waals surface area contributed by atoms with Gasteiger partial charge >= 0.3 is 0 Å². The molecule has 1 aliphatic rings. The summed E-state index contributed by atoms with van der Waals surface area (Å²) < 4.78 is 18.4. The number of hydrogen-bond donors (Lipinski definition) is 2. The molecule has 3 N–H and O–H groups in total. The average Bonchev–Trinajstić information content (AvgIpc) is 2.76. The minimum atomic E-state index is -1.09. The van der Waals surface area contributed by atoms with E-state index in [0.717, 1.165) is 0 Å². The van der Waals surface area contributed by atoms with Crippen LogP contribution in [-0.4, -0.2) is 48.1 Å². The van der Waals surface area contributed by atoms with Gasteiger partial charge in [-0.05, 0) is 12.8 Å². The first-order valence-electron chi connectivity index (χ1n) is 5.94. The van der Waals surface area contributed by atoms with E-state index in [2.05, 4.69) is 21.7 Å². The maximum absolute atomic E-state index is 13.3. The molecule has 0 aliphatic heterocycles. The van der Waals surface area contributed by atoms with E-state index in [0.29, 0.717) is 11.5 Å². The number of anilines is 2. The molecule has 7 nitrogen and oxygen atoms in total. The van der Waals surface area contributed by atoms with Gasteiger partial charge in [-0.25, -0.2) is 4.39 Å². The SMILES string of the molecule is C=Nc1c(OC)nc(N)nc1N(C)[C@@H]1C=C(F)[C@H](O)C1. The van der Waals surface area contributed by atoms with Gasteiger partial charge in [0.15, 0.2) is 11.5 Å². The van der Waals surface area contributed by atoms with Crippen molar-refractivity contribution in [1.82, 2.24) is 9.97 Å². The third-order valence-electron chi connectivity index (χ3n) is 3.17. The Balaban J connectivity index is 2.42. The molecule has 1 heterocycles. The van der Waals surface area contributed by atoms with Gasteiger partial charge in [0.25, 0.3) is 0 Å². The van der Waals surface area contributed by atoms with Crippen LogP contribution < -0.4 is 15.4 Å². The standard InChI is InChI=1S/C12H16FN5O2/c1-15-9-10(16-12(14)17-11(9)20-3)18(2)6-4-7(13)8(19)5-6/h4,6,8,19H,1,5H2,2-3H3,(H2,14,16,17)/t6-,8-/m1/s1. The summed E-state index contributed by atoms with van der Waals surface area (Å²) >= 11 is 0. The molecule has 0 radical (unpaired) electrons. The van der Waals surface area contributed by atoms with Gasteiger partial charge in [0, 0.05) is 13.5 Å². The van der Waals surface area contributed by atoms with Gasteiger partial charge in [0.1, 0.15) is 11.9 Å². The molecule has 0 saturated carbocycles. The second-order valence-electron chi connectivity index (χ2n) is 4.40. The van der Waals surface area contributed by atoms with Crippen LogP contribution in [0.2, 0.25) is 0 Å². The molecular formula is C12H16FN5O2. The van der Waals surface area contributed by atoms with Crippen LogP contribution >= 0.6 is 0 Å². The molecule has 0 saturated heterocycles. The number of nitrogens with zero attached hydrogens (tertiary/aromatic N) is 4. The molecule has 2 atom stereocenters. The van der Waals surface area contributed by atoms with Crippen molar-refractivity contribution in [2.75, 3.05) is 24.8 Å². The highest BCUT2D eigenvalue weighted by Crippen LogP contribution is 2.37. The van der Waals surface area contributed by atoms with E-state index >= 15 is 0 Å². The van der Waals surface area contributed by atoms with Crippen molar-refractivity contribution in [3.8, 4) is 5.88 Å². The third kappa shape index (κ3) is 2.42. The summed E-state index contributed by atoms with van der Waals surface area (Å²) in [4.78, 5) is 13.5. The number of aliphatic hydroxyl groups excluding tert-OH is 1. The van der Waals surface area contributed by atoms with E-state index in [1.807, 2.05) is 0 Å². The lowest BCUT2D eigenvalue weighted by atomic mass is 10.2. The summed E-state index contributed by atoms with van der Waals surface area (Å²) in [6.45, 7) is 3.45. The van der Waals surface area contributed by atoms with Crippen molar-refractivity contribution in [3.63, 3.8) is 0 Å². The lowest BCUT2D eigenvalue weighted by Gasteiger charge is -2.25. The number of methoxy groups -OCH3 is 1. The molecule has 0 bridgehead atoms. The molecular weight excluding hydrogens is 265 g/mol. The molecule has 20 heavy (non-hydrogen) atoms. The number of rotatable bonds is 4. The zero-order chi connectivity index (χ0) is 14.9. The monoisotopic (exact) mass is 281 g/mol. The molecule has 2 rings (SSSR count). The Labute approximate surface area is 115 Å². The average molecular weight is 281 g/mol. The fourth-order valence-corrected chi connectivity index (χ4v) is 2.10. The van der Waals surface area contributed by atoms with Crippen LogP contribution in [0.1, 0.15) is 6.42 Å². The number of ether oxygens (including phenoxy) is 1. The first-order chi connectivity index (χ1) is 9.47. The lowest BCUT2D eigenvalue weighted by molar-refractivity contribution is 0.182. The Morgan fingerprint density at radius 2 is 2.30 bits per heavy atom. The van der Waals surface area contributed by atoms with Gasteiger partial charge in [0.05, 0.1) is 13.2 Å². The van der Waals surface area contributed by atoms with Crippen LogP contribution in [0.4, 0.5) is 21.8 Å². The number of halogens is 1. The number of hydrogen-bond acceptors (Lipinski definition) is 7. The molecule has 1 aromatic heterocycles.